The minimum absolute atomic E-state index is 0.214. The summed E-state index contributed by atoms with van der Waals surface area (Å²) in [7, 11) is 1.83. The van der Waals surface area contributed by atoms with Gasteiger partial charge < -0.3 is 16.0 Å². The predicted molar refractivity (Wildman–Crippen MR) is 66.7 cm³/mol. The van der Waals surface area contributed by atoms with Crippen LogP contribution in [-0.2, 0) is 0 Å². The van der Waals surface area contributed by atoms with Crippen LogP contribution in [0.15, 0.2) is 24.3 Å². The van der Waals surface area contributed by atoms with Crippen LogP contribution in [0.25, 0.3) is 0 Å². The van der Waals surface area contributed by atoms with Gasteiger partial charge in [0.25, 0.3) is 0 Å². The molecule has 0 saturated heterocycles. The number of carbonyl (C=O) groups is 1. The minimum Gasteiger partial charge on any atom is -0.336 e. The lowest BCUT2D eigenvalue weighted by molar-refractivity contribution is 0.251. The smallest absolute Gasteiger partial charge is 0.319 e. The van der Waals surface area contributed by atoms with Crippen LogP contribution >= 0.6 is 0 Å². The summed E-state index contributed by atoms with van der Waals surface area (Å²) >= 11 is 0. The summed E-state index contributed by atoms with van der Waals surface area (Å²) < 4.78 is 0. The third-order valence-corrected chi connectivity index (χ3v) is 2.31. The van der Waals surface area contributed by atoms with E-state index in [0.29, 0.717) is 17.8 Å². The Labute approximate surface area is 101 Å². The molecule has 0 heterocycles. The number of anilines is 1. The Hall–Kier alpha value is -2.06. The first-order valence-corrected chi connectivity index (χ1v) is 5.38. The summed E-state index contributed by atoms with van der Waals surface area (Å²) in [6.07, 6.45) is 0. The zero-order valence-corrected chi connectivity index (χ0v) is 9.95. The second-order valence-corrected chi connectivity index (χ2v) is 3.72. The number of urea groups is 1. The molecule has 90 valence electrons. The Morgan fingerprint density at radius 3 is 2.94 bits per heavy atom. The highest BCUT2D eigenvalue weighted by atomic mass is 16.2. The maximum atomic E-state index is 11.5. The molecule has 1 unspecified atom stereocenters. The van der Waals surface area contributed by atoms with Crippen LogP contribution < -0.4 is 16.0 Å². The van der Waals surface area contributed by atoms with E-state index in [1.54, 1.807) is 24.3 Å². The molecule has 0 saturated carbocycles. The van der Waals surface area contributed by atoms with Crippen molar-refractivity contribution in [3.63, 3.8) is 0 Å². The lowest BCUT2D eigenvalue weighted by Gasteiger charge is -2.12. The van der Waals surface area contributed by atoms with Crippen molar-refractivity contribution in [2.75, 3.05) is 18.9 Å². The van der Waals surface area contributed by atoms with E-state index in [0.717, 1.165) is 0 Å². The van der Waals surface area contributed by atoms with Gasteiger partial charge in [0.15, 0.2) is 0 Å². The van der Waals surface area contributed by atoms with Crippen LogP contribution in [0.1, 0.15) is 12.5 Å². The van der Waals surface area contributed by atoms with Gasteiger partial charge in [-0.1, -0.05) is 6.07 Å². The van der Waals surface area contributed by atoms with Crippen LogP contribution in [-0.4, -0.2) is 25.7 Å². The first kappa shape index (κ1) is 13.0. The highest BCUT2D eigenvalue weighted by Gasteiger charge is 2.03. The Kier molecular flexibility index (Phi) is 4.98. The van der Waals surface area contributed by atoms with E-state index in [2.05, 4.69) is 16.0 Å². The van der Waals surface area contributed by atoms with E-state index < -0.39 is 0 Å². The normalized spacial score (nSPS) is 11.4. The number of nitrogens with zero attached hydrogens (tertiary/aromatic N) is 1. The zero-order valence-electron chi connectivity index (χ0n) is 9.95. The fourth-order valence-corrected chi connectivity index (χ4v) is 1.19. The monoisotopic (exact) mass is 232 g/mol. The van der Waals surface area contributed by atoms with Crippen molar-refractivity contribution in [1.82, 2.24) is 10.6 Å². The van der Waals surface area contributed by atoms with Gasteiger partial charge >= 0.3 is 6.03 Å². The van der Waals surface area contributed by atoms with Gasteiger partial charge in [0, 0.05) is 18.3 Å². The fourth-order valence-electron chi connectivity index (χ4n) is 1.19. The van der Waals surface area contributed by atoms with Gasteiger partial charge in [-0.25, -0.2) is 4.79 Å². The maximum Gasteiger partial charge on any atom is 0.319 e. The molecule has 0 radical (unpaired) electrons. The summed E-state index contributed by atoms with van der Waals surface area (Å²) in [5.74, 6) is 0. The van der Waals surface area contributed by atoms with E-state index in [1.165, 1.54) is 0 Å². The largest absolute Gasteiger partial charge is 0.336 e. The summed E-state index contributed by atoms with van der Waals surface area (Å²) in [5.41, 5.74) is 1.13. The predicted octanol–water partition coefficient (Wildman–Crippen LogP) is 1.29. The number of amides is 2. The summed E-state index contributed by atoms with van der Waals surface area (Å²) in [6, 6.07) is 8.73. The van der Waals surface area contributed by atoms with E-state index in [1.807, 2.05) is 20.0 Å². The molecular weight excluding hydrogens is 216 g/mol. The maximum absolute atomic E-state index is 11.5. The van der Waals surface area contributed by atoms with Gasteiger partial charge in [-0.15, -0.1) is 0 Å². The Bertz CT molecular complexity index is 425. The summed E-state index contributed by atoms with van der Waals surface area (Å²) in [5, 5.41) is 17.1. The van der Waals surface area contributed by atoms with Gasteiger partial charge in [-0.3, -0.25) is 0 Å². The molecule has 0 spiro atoms. The molecule has 5 nitrogen and oxygen atoms in total. The van der Waals surface area contributed by atoms with E-state index in [4.69, 9.17) is 5.26 Å². The van der Waals surface area contributed by atoms with Gasteiger partial charge in [0.05, 0.1) is 11.6 Å². The summed E-state index contributed by atoms with van der Waals surface area (Å²) in [4.78, 5) is 11.5. The number of benzene rings is 1. The second-order valence-electron chi connectivity index (χ2n) is 3.72. The average Bonchev–Trinajstić information content (AvgIpc) is 2.36. The third kappa shape index (κ3) is 4.53. The number of carbonyl (C=O) groups excluding carboxylic acids is 1. The Morgan fingerprint density at radius 1 is 1.53 bits per heavy atom. The molecule has 5 heteroatoms. The van der Waals surface area contributed by atoms with E-state index >= 15 is 0 Å². The molecule has 3 N–H and O–H groups in total. The molecule has 0 bridgehead atoms. The molecule has 1 rings (SSSR count). The molecule has 1 aromatic carbocycles. The number of nitriles is 1. The topological polar surface area (TPSA) is 76.9 Å². The first-order chi connectivity index (χ1) is 8.15. The number of rotatable bonds is 4. The zero-order chi connectivity index (χ0) is 12.7. The summed E-state index contributed by atoms with van der Waals surface area (Å²) in [6.45, 7) is 2.51. The van der Waals surface area contributed by atoms with E-state index in [-0.39, 0.29) is 12.1 Å². The molecule has 2 amide bonds. The SMILES string of the molecule is CNC(C)CNC(=O)Nc1cccc(C#N)c1. The highest BCUT2D eigenvalue weighted by molar-refractivity contribution is 5.89. The van der Waals surface area contributed by atoms with Crippen molar-refractivity contribution >= 4 is 11.7 Å². The van der Waals surface area contributed by atoms with Crippen LogP contribution in [0.2, 0.25) is 0 Å². The van der Waals surface area contributed by atoms with Crippen molar-refractivity contribution in [3.05, 3.63) is 29.8 Å². The lowest BCUT2D eigenvalue weighted by atomic mass is 10.2. The molecule has 0 fully saturated rings. The van der Waals surface area contributed by atoms with Crippen molar-refractivity contribution in [2.45, 2.75) is 13.0 Å². The number of likely N-dealkylation sites (N-methyl/N-ethyl adjacent to an activating group) is 1. The molecule has 0 aromatic heterocycles. The van der Waals surface area contributed by atoms with Crippen LogP contribution in [0.4, 0.5) is 10.5 Å². The van der Waals surface area contributed by atoms with Crippen LogP contribution in [0.3, 0.4) is 0 Å². The molecule has 0 aliphatic rings. The van der Waals surface area contributed by atoms with Crippen molar-refractivity contribution in [3.8, 4) is 6.07 Å². The van der Waals surface area contributed by atoms with Crippen molar-refractivity contribution < 1.29 is 4.79 Å². The van der Waals surface area contributed by atoms with Gasteiger partial charge in [-0.2, -0.15) is 5.26 Å². The average molecular weight is 232 g/mol. The second kappa shape index (κ2) is 6.51. The molecule has 1 aromatic rings. The number of hydrogen-bond acceptors (Lipinski definition) is 3. The van der Waals surface area contributed by atoms with Gasteiger partial charge in [-0.05, 0) is 32.2 Å². The molecule has 0 aliphatic heterocycles. The quantitative estimate of drug-likeness (QED) is 0.732. The van der Waals surface area contributed by atoms with Gasteiger partial charge in [0.2, 0.25) is 0 Å². The Morgan fingerprint density at radius 2 is 2.29 bits per heavy atom. The number of nitrogens with one attached hydrogen (secondary N) is 3. The standard InChI is InChI=1S/C12H16N4O/c1-9(14-2)8-15-12(17)16-11-5-3-4-10(6-11)7-13/h3-6,9,14H,8H2,1-2H3,(H2,15,16,17). The number of hydrogen-bond donors (Lipinski definition) is 3. The van der Waals surface area contributed by atoms with E-state index in [9.17, 15) is 4.79 Å². The van der Waals surface area contributed by atoms with Crippen LogP contribution in [0.5, 0.6) is 0 Å². The van der Waals surface area contributed by atoms with Gasteiger partial charge in [0.1, 0.15) is 0 Å². The highest BCUT2D eigenvalue weighted by Crippen LogP contribution is 2.09. The first-order valence-electron chi connectivity index (χ1n) is 5.38. The Balaban J connectivity index is 2.48. The van der Waals surface area contributed by atoms with Crippen LogP contribution in [0, 0.1) is 11.3 Å². The minimum atomic E-state index is -0.276. The lowest BCUT2D eigenvalue weighted by Crippen LogP contribution is -2.39. The van der Waals surface area contributed by atoms with Crippen molar-refractivity contribution in [1.29, 1.82) is 5.26 Å². The molecule has 17 heavy (non-hydrogen) atoms. The van der Waals surface area contributed by atoms with Crippen molar-refractivity contribution in [2.24, 2.45) is 0 Å². The fraction of sp³-hybridized carbons (Fsp3) is 0.333. The molecule has 1 atom stereocenters. The molecular formula is C12H16N4O. The third-order valence-electron chi connectivity index (χ3n) is 2.31. The molecule has 0 aliphatic carbocycles.